The van der Waals surface area contributed by atoms with Crippen LogP contribution < -0.4 is 10.1 Å². The molecule has 0 amide bonds. The molecule has 0 aromatic heterocycles. The van der Waals surface area contributed by atoms with Crippen LogP contribution in [0, 0.1) is 5.21 Å². The van der Waals surface area contributed by atoms with Crippen LogP contribution in [0.3, 0.4) is 0 Å². The van der Waals surface area contributed by atoms with E-state index in [2.05, 4.69) is 0 Å². The summed E-state index contributed by atoms with van der Waals surface area (Å²) in [5.41, 5.74) is 0.525. The first-order valence-electron chi connectivity index (χ1n) is 5.53. The Labute approximate surface area is 103 Å². The summed E-state index contributed by atoms with van der Waals surface area (Å²) in [6.45, 7) is 2.29. The molecule has 0 aliphatic carbocycles. The number of hydrogen-bond acceptors (Lipinski definition) is 5. The largest absolute Gasteiger partial charge is 0.595 e. The summed E-state index contributed by atoms with van der Waals surface area (Å²) in [5, 5.41) is 27.7. The number of carboxylic acid groups (broad SMARTS) is 1. The van der Waals surface area contributed by atoms with E-state index in [4.69, 9.17) is 15.1 Å². The van der Waals surface area contributed by atoms with Crippen LogP contribution in [-0.2, 0) is 4.74 Å². The van der Waals surface area contributed by atoms with Crippen LogP contribution >= 0.6 is 0 Å². The van der Waals surface area contributed by atoms with E-state index in [9.17, 15) is 10.0 Å². The number of nitrogens with zero attached hydrogens (tertiary/aromatic N) is 1. The van der Waals surface area contributed by atoms with Crippen LogP contribution in [0.1, 0.15) is 10.4 Å². The second-order valence-corrected chi connectivity index (χ2v) is 3.94. The summed E-state index contributed by atoms with van der Waals surface area (Å²) < 4.78 is 5.20. The Bertz CT molecular complexity index is 443. The van der Waals surface area contributed by atoms with Gasteiger partial charge < -0.3 is 20.0 Å². The molecule has 1 aliphatic heterocycles. The molecule has 7 nitrogen and oxygen atoms in total. The summed E-state index contributed by atoms with van der Waals surface area (Å²) in [4.78, 5) is 13.1. The van der Waals surface area contributed by atoms with Gasteiger partial charge >= 0.3 is 5.97 Å². The Kier molecular flexibility index (Phi) is 3.78. The van der Waals surface area contributed by atoms with E-state index in [1.165, 1.54) is 18.2 Å². The molecule has 3 N–H and O–H groups in total. The van der Waals surface area contributed by atoms with Crippen molar-refractivity contribution in [3.8, 4) is 0 Å². The zero-order valence-corrected chi connectivity index (χ0v) is 9.63. The maximum Gasteiger partial charge on any atom is 0.338 e. The number of quaternary nitrogens is 1. The number of rotatable bonds is 3. The molecule has 1 aromatic carbocycles. The van der Waals surface area contributed by atoms with E-state index >= 15 is 0 Å². The van der Waals surface area contributed by atoms with Crippen LogP contribution in [0.4, 0.5) is 11.4 Å². The molecule has 1 aliphatic rings. The van der Waals surface area contributed by atoms with Crippen LogP contribution in [0.2, 0.25) is 0 Å². The average Bonchev–Trinajstić information content (AvgIpc) is 2.39. The van der Waals surface area contributed by atoms with Crippen molar-refractivity contribution in [2.75, 3.05) is 31.2 Å². The molecule has 2 rings (SSSR count). The van der Waals surface area contributed by atoms with Crippen LogP contribution in [-0.4, -0.2) is 42.6 Å². The first-order valence-corrected chi connectivity index (χ1v) is 5.53. The van der Waals surface area contributed by atoms with Gasteiger partial charge in [-0.05, 0) is 6.07 Å². The minimum absolute atomic E-state index is 0.0109. The maximum atomic E-state index is 11.2. The van der Waals surface area contributed by atoms with Gasteiger partial charge in [-0.3, -0.25) is 0 Å². The van der Waals surface area contributed by atoms with Crippen LogP contribution in [0.15, 0.2) is 18.2 Å². The van der Waals surface area contributed by atoms with Gasteiger partial charge in [0.25, 0.3) is 0 Å². The van der Waals surface area contributed by atoms with Gasteiger partial charge in [-0.2, -0.15) is 5.23 Å². The van der Waals surface area contributed by atoms with Crippen molar-refractivity contribution >= 4 is 17.3 Å². The van der Waals surface area contributed by atoms with Gasteiger partial charge in [0, 0.05) is 25.2 Å². The van der Waals surface area contributed by atoms with Crippen molar-refractivity contribution < 1.29 is 25.1 Å². The van der Waals surface area contributed by atoms with Crippen molar-refractivity contribution in [3.63, 3.8) is 0 Å². The monoisotopic (exact) mass is 254 g/mol. The van der Waals surface area contributed by atoms with E-state index in [-0.39, 0.29) is 11.3 Å². The molecule has 1 heterocycles. The Morgan fingerprint density at radius 3 is 2.61 bits per heavy atom. The lowest BCUT2D eigenvalue weighted by Crippen LogP contribution is -2.99. The molecular formula is C11H14N2O5. The Balaban J connectivity index is 2.36. The molecule has 1 saturated heterocycles. The van der Waals surface area contributed by atoms with E-state index in [1.54, 1.807) is 0 Å². The highest BCUT2D eigenvalue weighted by Crippen LogP contribution is 2.24. The predicted octanol–water partition coefficient (Wildman–Crippen LogP) is -0.375. The van der Waals surface area contributed by atoms with Gasteiger partial charge in [-0.15, -0.1) is 0 Å². The van der Waals surface area contributed by atoms with E-state index in [0.29, 0.717) is 32.0 Å². The van der Waals surface area contributed by atoms with Crippen molar-refractivity contribution in [3.05, 3.63) is 29.0 Å². The fourth-order valence-electron chi connectivity index (χ4n) is 1.92. The standard InChI is InChI=1S/C11H14N2O5/c14-11(15)9-7-8(13(16)17)1-2-10(9)12-3-5-18-6-4-12/h1-2,7,13,16H,3-6H2,(H,14,15). The second-order valence-electron chi connectivity index (χ2n) is 3.94. The fourth-order valence-corrected chi connectivity index (χ4v) is 1.92. The second kappa shape index (κ2) is 5.32. The Hall–Kier alpha value is -1.67. The summed E-state index contributed by atoms with van der Waals surface area (Å²) in [7, 11) is 0. The Morgan fingerprint density at radius 2 is 2.06 bits per heavy atom. The number of carboxylic acids is 1. The normalized spacial score (nSPS) is 17.6. The summed E-state index contributed by atoms with van der Waals surface area (Å²) in [6.07, 6.45) is 0. The molecule has 7 heteroatoms. The van der Waals surface area contributed by atoms with Gasteiger partial charge in [-0.1, -0.05) is 0 Å². The first kappa shape index (κ1) is 12.8. The molecule has 0 radical (unpaired) electrons. The van der Waals surface area contributed by atoms with Crippen LogP contribution in [0.5, 0.6) is 0 Å². The lowest BCUT2D eigenvalue weighted by Gasteiger charge is -2.30. The highest BCUT2D eigenvalue weighted by atomic mass is 16.8. The highest BCUT2D eigenvalue weighted by molar-refractivity contribution is 5.95. The third-order valence-electron chi connectivity index (χ3n) is 2.83. The fraction of sp³-hybridized carbons (Fsp3) is 0.364. The quantitative estimate of drug-likeness (QED) is 0.636. The highest BCUT2D eigenvalue weighted by Gasteiger charge is 2.20. The number of aromatic carboxylic acids is 1. The van der Waals surface area contributed by atoms with Gasteiger partial charge in [0.2, 0.25) is 0 Å². The molecule has 1 atom stereocenters. The number of anilines is 1. The maximum absolute atomic E-state index is 11.2. The number of benzene rings is 1. The smallest absolute Gasteiger partial charge is 0.338 e. The van der Waals surface area contributed by atoms with Gasteiger partial charge in [0.15, 0.2) is 5.69 Å². The number of morpholine rings is 1. The zero-order valence-electron chi connectivity index (χ0n) is 9.63. The lowest BCUT2D eigenvalue weighted by atomic mass is 10.1. The lowest BCUT2D eigenvalue weighted by molar-refractivity contribution is -0.991. The molecular weight excluding hydrogens is 240 g/mol. The van der Waals surface area contributed by atoms with Crippen molar-refractivity contribution in [2.45, 2.75) is 0 Å². The van der Waals surface area contributed by atoms with Crippen molar-refractivity contribution in [1.29, 1.82) is 0 Å². The summed E-state index contributed by atoms with van der Waals surface area (Å²) in [5.74, 6) is -1.13. The number of nitrogens with one attached hydrogen (secondary N) is 1. The average molecular weight is 254 g/mol. The zero-order chi connectivity index (χ0) is 13.1. The van der Waals surface area contributed by atoms with Crippen LogP contribution in [0.25, 0.3) is 0 Å². The minimum atomic E-state index is -1.13. The molecule has 0 spiro atoms. The first-order chi connectivity index (χ1) is 8.59. The van der Waals surface area contributed by atoms with Gasteiger partial charge in [-0.25, -0.2) is 10.0 Å². The molecule has 1 fully saturated rings. The van der Waals surface area contributed by atoms with E-state index < -0.39 is 11.2 Å². The molecule has 0 bridgehead atoms. The topological polar surface area (TPSA) is 97.5 Å². The third-order valence-corrected chi connectivity index (χ3v) is 2.83. The van der Waals surface area contributed by atoms with E-state index in [1.807, 2.05) is 4.90 Å². The Morgan fingerprint density at radius 1 is 1.39 bits per heavy atom. The number of ether oxygens (including phenoxy) is 1. The molecule has 1 unspecified atom stereocenters. The number of carbonyl (C=O) groups is 1. The summed E-state index contributed by atoms with van der Waals surface area (Å²) in [6, 6.07) is 4.15. The molecule has 0 saturated carbocycles. The third kappa shape index (κ3) is 2.59. The SMILES string of the molecule is O=C(O)c1cc([NH+]([O-])O)ccc1N1CCOCC1. The molecule has 98 valence electrons. The summed E-state index contributed by atoms with van der Waals surface area (Å²) >= 11 is 0. The van der Waals surface area contributed by atoms with Crippen molar-refractivity contribution in [1.82, 2.24) is 0 Å². The molecule has 18 heavy (non-hydrogen) atoms. The molecule has 1 aromatic rings. The number of hydrogen-bond donors (Lipinski definition) is 3. The predicted molar refractivity (Wildman–Crippen MR) is 62.2 cm³/mol. The van der Waals surface area contributed by atoms with Crippen molar-refractivity contribution in [2.24, 2.45) is 0 Å². The minimum Gasteiger partial charge on any atom is -0.595 e. The van der Waals surface area contributed by atoms with Gasteiger partial charge in [0.05, 0.1) is 24.5 Å². The van der Waals surface area contributed by atoms with Gasteiger partial charge in [0.1, 0.15) is 0 Å². The van der Waals surface area contributed by atoms with E-state index in [0.717, 1.165) is 0 Å².